The maximum Gasteiger partial charge on any atom is 0.227 e. The Balaban J connectivity index is 1.49. The fourth-order valence-electron chi connectivity index (χ4n) is 4.83. The number of piperidine rings is 1. The summed E-state index contributed by atoms with van der Waals surface area (Å²) in [5, 5.41) is 0. The number of likely N-dealkylation sites (tertiary alicyclic amines) is 1. The van der Waals surface area contributed by atoms with Gasteiger partial charge >= 0.3 is 0 Å². The molecule has 2 aliphatic heterocycles. The van der Waals surface area contributed by atoms with E-state index in [9.17, 15) is 14.0 Å². The minimum absolute atomic E-state index is 0.0685. The van der Waals surface area contributed by atoms with Crippen LogP contribution < -0.4 is 4.74 Å². The van der Waals surface area contributed by atoms with Crippen LogP contribution in [0.1, 0.15) is 30.4 Å². The molecule has 1 atom stereocenters. The lowest BCUT2D eigenvalue weighted by Gasteiger charge is -2.43. The zero-order chi connectivity index (χ0) is 24.0. The van der Waals surface area contributed by atoms with E-state index >= 15 is 0 Å². The summed E-state index contributed by atoms with van der Waals surface area (Å²) >= 11 is 0. The van der Waals surface area contributed by atoms with Crippen molar-refractivity contribution < 1.29 is 23.5 Å². The molecule has 0 radical (unpaired) electrons. The van der Waals surface area contributed by atoms with Crippen molar-refractivity contribution in [2.75, 3.05) is 46.0 Å². The monoisotopic (exact) mass is 468 g/mol. The molecule has 2 heterocycles. The van der Waals surface area contributed by atoms with Gasteiger partial charge in [-0.3, -0.25) is 9.59 Å². The third-order valence-electron chi connectivity index (χ3n) is 6.87. The minimum Gasteiger partial charge on any atom is -0.493 e. The minimum atomic E-state index is -0.497. The van der Waals surface area contributed by atoms with Gasteiger partial charge in [0.15, 0.2) is 0 Å². The van der Waals surface area contributed by atoms with Gasteiger partial charge in [-0.1, -0.05) is 24.3 Å². The molecule has 2 saturated heterocycles. The van der Waals surface area contributed by atoms with Gasteiger partial charge in [0.1, 0.15) is 11.6 Å². The summed E-state index contributed by atoms with van der Waals surface area (Å²) in [6.45, 7) is 5.72. The van der Waals surface area contributed by atoms with Crippen molar-refractivity contribution in [2.24, 2.45) is 5.41 Å². The Morgan fingerprint density at radius 1 is 1.00 bits per heavy atom. The molecule has 2 aromatic carbocycles. The van der Waals surface area contributed by atoms with Crippen molar-refractivity contribution in [3.63, 3.8) is 0 Å². The second-order valence-electron chi connectivity index (χ2n) is 9.43. The number of rotatable bonds is 7. The van der Waals surface area contributed by atoms with Gasteiger partial charge in [-0.2, -0.15) is 0 Å². The van der Waals surface area contributed by atoms with Crippen LogP contribution in [-0.4, -0.2) is 67.6 Å². The van der Waals surface area contributed by atoms with Gasteiger partial charge in [0.05, 0.1) is 26.2 Å². The maximum atomic E-state index is 13.3. The number of hydrogen-bond donors (Lipinski definition) is 0. The van der Waals surface area contributed by atoms with Gasteiger partial charge in [-0.25, -0.2) is 4.39 Å². The number of carbonyl (C=O) groups is 2. The van der Waals surface area contributed by atoms with E-state index < -0.39 is 5.41 Å². The summed E-state index contributed by atoms with van der Waals surface area (Å²) in [5.41, 5.74) is 1.63. The third-order valence-corrected chi connectivity index (χ3v) is 6.87. The summed E-state index contributed by atoms with van der Waals surface area (Å²) in [6.07, 6.45) is 2.25. The molecule has 1 unspecified atom stereocenters. The van der Waals surface area contributed by atoms with Crippen LogP contribution in [0.15, 0.2) is 48.5 Å². The van der Waals surface area contributed by atoms with Crippen molar-refractivity contribution in [2.45, 2.75) is 32.6 Å². The van der Waals surface area contributed by atoms with Gasteiger partial charge in [-0.05, 0) is 55.2 Å². The average molecular weight is 469 g/mol. The van der Waals surface area contributed by atoms with Gasteiger partial charge in [0.25, 0.3) is 0 Å². The molecule has 2 fully saturated rings. The highest BCUT2D eigenvalue weighted by molar-refractivity contribution is 5.80. The number of hydrogen-bond acceptors (Lipinski definition) is 4. The Kier molecular flexibility index (Phi) is 7.83. The molecule has 0 aliphatic carbocycles. The number of amides is 2. The molecule has 182 valence electrons. The topological polar surface area (TPSA) is 59.1 Å². The Morgan fingerprint density at radius 2 is 1.74 bits per heavy atom. The quantitative estimate of drug-likeness (QED) is 0.623. The van der Waals surface area contributed by atoms with Crippen LogP contribution in [0.2, 0.25) is 0 Å². The largest absolute Gasteiger partial charge is 0.493 e. The fourth-order valence-corrected chi connectivity index (χ4v) is 4.83. The van der Waals surface area contributed by atoms with Crippen LogP contribution in [0.5, 0.6) is 5.75 Å². The van der Waals surface area contributed by atoms with Crippen LogP contribution in [0.25, 0.3) is 0 Å². The standard InChI is InChI=1S/C27H33FN2O4/c1-21-5-2-3-6-22(21)17-25(31)30-12-4-11-27(19-30,18-26(32)29-13-15-33-16-14-29)20-34-24-9-7-23(28)8-10-24/h2-3,5-10H,4,11-20H2,1H3. The van der Waals surface area contributed by atoms with Crippen LogP contribution in [0, 0.1) is 18.2 Å². The molecule has 0 aromatic heterocycles. The number of halogens is 1. The first-order valence-electron chi connectivity index (χ1n) is 12.0. The van der Waals surface area contributed by atoms with Gasteiger partial charge in [0, 0.05) is 38.0 Å². The summed E-state index contributed by atoms with van der Waals surface area (Å²) < 4.78 is 24.8. The number of benzene rings is 2. The summed E-state index contributed by atoms with van der Waals surface area (Å²) in [4.78, 5) is 30.2. The van der Waals surface area contributed by atoms with Gasteiger partial charge in [0.2, 0.25) is 11.8 Å². The van der Waals surface area contributed by atoms with Crippen LogP contribution >= 0.6 is 0 Å². The SMILES string of the molecule is Cc1ccccc1CC(=O)N1CCCC(COc2ccc(F)cc2)(CC(=O)N2CCOCC2)C1. The van der Waals surface area contributed by atoms with Crippen molar-refractivity contribution >= 4 is 11.8 Å². The molecule has 7 heteroatoms. The molecule has 0 saturated carbocycles. The predicted molar refractivity (Wildman–Crippen MR) is 127 cm³/mol. The van der Waals surface area contributed by atoms with E-state index in [4.69, 9.17) is 9.47 Å². The summed E-state index contributed by atoms with van der Waals surface area (Å²) in [7, 11) is 0. The first-order chi connectivity index (χ1) is 16.4. The van der Waals surface area contributed by atoms with Crippen molar-refractivity contribution in [1.29, 1.82) is 0 Å². The zero-order valence-corrected chi connectivity index (χ0v) is 19.8. The van der Waals surface area contributed by atoms with E-state index in [2.05, 4.69) is 0 Å². The van der Waals surface area contributed by atoms with Crippen molar-refractivity contribution in [3.05, 3.63) is 65.5 Å². The summed E-state index contributed by atoms with van der Waals surface area (Å²) in [5.74, 6) is 0.372. The first kappa shape index (κ1) is 24.2. The lowest BCUT2D eigenvalue weighted by atomic mass is 9.77. The normalized spacial score (nSPS) is 20.8. The first-order valence-corrected chi connectivity index (χ1v) is 12.0. The van der Waals surface area contributed by atoms with E-state index in [1.54, 1.807) is 12.1 Å². The van der Waals surface area contributed by atoms with Gasteiger partial charge < -0.3 is 19.3 Å². The molecule has 34 heavy (non-hydrogen) atoms. The number of ether oxygens (including phenoxy) is 2. The zero-order valence-electron chi connectivity index (χ0n) is 19.8. The average Bonchev–Trinajstić information content (AvgIpc) is 2.86. The molecule has 2 amide bonds. The molecule has 0 N–H and O–H groups in total. The molecule has 0 spiro atoms. The smallest absolute Gasteiger partial charge is 0.227 e. The lowest BCUT2D eigenvalue weighted by molar-refractivity contribution is -0.143. The Bertz CT molecular complexity index is 990. The third kappa shape index (κ3) is 6.14. The van der Waals surface area contributed by atoms with E-state index in [1.807, 2.05) is 41.0 Å². The fraction of sp³-hybridized carbons (Fsp3) is 0.481. The second-order valence-corrected chi connectivity index (χ2v) is 9.43. The molecular weight excluding hydrogens is 435 g/mol. The maximum absolute atomic E-state index is 13.3. The van der Waals surface area contributed by atoms with Crippen LogP contribution in [-0.2, 0) is 20.7 Å². The van der Waals surface area contributed by atoms with E-state index in [1.165, 1.54) is 12.1 Å². The Hall–Kier alpha value is -2.93. The van der Waals surface area contributed by atoms with Gasteiger partial charge in [-0.15, -0.1) is 0 Å². The van der Waals surface area contributed by atoms with Crippen LogP contribution in [0.3, 0.4) is 0 Å². The highest BCUT2D eigenvalue weighted by Crippen LogP contribution is 2.36. The van der Waals surface area contributed by atoms with Crippen molar-refractivity contribution in [3.8, 4) is 5.75 Å². The second kappa shape index (κ2) is 11.0. The van der Waals surface area contributed by atoms with Crippen LogP contribution in [0.4, 0.5) is 4.39 Å². The number of aryl methyl sites for hydroxylation is 1. The Morgan fingerprint density at radius 3 is 2.47 bits per heavy atom. The molecule has 2 aliphatic rings. The number of nitrogens with zero attached hydrogens (tertiary/aromatic N) is 2. The number of morpholine rings is 1. The molecular formula is C27H33FN2O4. The van der Waals surface area contributed by atoms with E-state index in [0.717, 1.165) is 24.0 Å². The molecule has 0 bridgehead atoms. The molecule has 4 rings (SSSR count). The lowest BCUT2D eigenvalue weighted by Crippen LogP contribution is -2.52. The highest BCUT2D eigenvalue weighted by atomic mass is 19.1. The Labute approximate surface area is 200 Å². The molecule has 2 aromatic rings. The van der Waals surface area contributed by atoms with E-state index in [-0.39, 0.29) is 17.6 Å². The van der Waals surface area contributed by atoms with E-state index in [0.29, 0.717) is 64.6 Å². The summed E-state index contributed by atoms with van der Waals surface area (Å²) in [6, 6.07) is 13.8. The number of carbonyl (C=O) groups excluding carboxylic acids is 2. The molecule has 6 nitrogen and oxygen atoms in total. The highest BCUT2D eigenvalue weighted by Gasteiger charge is 2.41. The predicted octanol–water partition coefficient (Wildman–Crippen LogP) is 3.61. The van der Waals surface area contributed by atoms with Crippen molar-refractivity contribution in [1.82, 2.24) is 9.80 Å².